The lowest BCUT2D eigenvalue weighted by Gasteiger charge is -2.12. The number of carbonyl (C=O) groups excluding carboxylic acids is 2. The molecule has 0 aromatic heterocycles. The fourth-order valence-electron chi connectivity index (χ4n) is 1.48. The zero-order valence-corrected chi connectivity index (χ0v) is 11.5. The zero-order chi connectivity index (χ0) is 16.0. The number of rotatable bonds is 5. The molecule has 0 heterocycles. The van der Waals surface area contributed by atoms with Gasteiger partial charge in [0.2, 0.25) is 0 Å². The topological polar surface area (TPSA) is 55.4 Å². The summed E-state index contributed by atoms with van der Waals surface area (Å²) in [6, 6.07) is 8.43. The summed E-state index contributed by atoms with van der Waals surface area (Å²) in [5.74, 6) is -3.54. The van der Waals surface area contributed by atoms with Crippen molar-refractivity contribution in [3.05, 3.63) is 47.2 Å². The monoisotopic (exact) mass is 301 g/mol. The average Bonchev–Trinajstić information content (AvgIpc) is 2.45. The summed E-state index contributed by atoms with van der Waals surface area (Å²) in [5.41, 5.74) is -0.636. The first-order chi connectivity index (χ1) is 9.77. The van der Waals surface area contributed by atoms with Crippen molar-refractivity contribution in [1.29, 1.82) is 0 Å². The Morgan fingerprint density at radius 2 is 1.76 bits per heavy atom. The van der Waals surface area contributed by atoms with Gasteiger partial charge in [0.05, 0.1) is 0 Å². The first-order valence-electron chi connectivity index (χ1n) is 5.98. The van der Waals surface area contributed by atoms with Gasteiger partial charge in [0.15, 0.2) is 0 Å². The van der Waals surface area contributed by atoms with E-state index in [0.717, 1.165) is 0 Å². The van der Waals surface area contributed by atoms with Gasteiger partial charge in [-0.1, -0.05) is 30.3 Å². The lowest BCUT2D eigenvalue weighted by Crippen LogP contribution is -2.31. The van der Waals surface area contributed by atoms with Crippen LogP contribution in [0.25, 0.3) is 0 Å². The number of hydrogen-bond donors (Lipinski definition) is 1. The van der Waals surface area contributed by atoms with Gasteiger partial charge in [-0.3, -0.25) is 4.79 Å². The Balaban J connectivity index is 2.91. The summed E-state index contributed by atoms with van der Waals surface area (Å²) in [6.45, 7) is 0.980. The molecule has 0 aliphatic carbocycles. The molecule has 0 bridgehead atoms. The maximum Gasteiger partial charge on any atom is 0.455 e. The van der Waals surface area contributed by atoms with Crippen LogP contribution in [0.15, 0.2) is 41.6 Å². The normalized spacial score (nSPS) is 12.4. The third-order valence-corrected chi connectivity index (χ3v) is 2.65. The molecule has 1 N–H and O–H groups in total. The van der Waals surface area contributed by atoms with Crippen molar-refractivity contribution in [2.24, 2.45) is 0 Å². The lowest BCUT2D eigenvalue weighted by molar-refractivity contribution is -0.169. The highest BCUT2D eigenvalue weighted by Crippen LogP contribution is 2.23. The molecule has 0 spiro atoms. The van der Waals surface area contributed by atoms with Crippen molar-refractivity contribution in [1.82, 2.24) is 5.32 Å². The smallest absolute Gasteiger partial charge is 0.455 e. The van der Waals surface area contributed by atoms with Gasteiger partial charge in [-0.15, -0.1) is 0 Å². The van der Waals surface area contributed by atoms with Crippen LogP contribution in [0.4, 0.5) is 13.2 Å². The van der Waals surface area contributed by atoms with E-state index in [0.29, 0.717) is 5.56 Å². The van der Waals surface area contributed by atoms with Gasteiger partial charge in [-0.05, 0) is 12.5 Å². The molecule has 1 aromatic rings. The average molecular weight is 301 g/mol. The first-order valence-corrected chi connectivity index (χ1v) is 5.98. The number of Topliss-reactive ketones (excluding diaryl/α,β-unsaturated/α-hetero) is 1. The van der Waals surface area contributed by atoms with Crippen LogP contribution in [-0.4, -0.2) is 25.0 Å². The summed E-state index contributed by atoms with van der Waals surface area (Å²) in [7, 11) is 1.31. The molecule has 1 rings (SSSR count). The van der Waals surface area contributed by atoms with Crippen molar-refractivity contribution < 1.29 is 27.5 Å². The van der Waals surface area contributed by atoms with Crippen LogP contribution in [0, 0.1) is 0 Å². The van der Waals surface area contributed by atoms with E-state index in [1.54, 1.807) is 30.3 Å². The molecule has 0 amide bonds. The highest BCUT2D eigenvalue weighted by Gasteiger charge is 2.44. The van der Waals surface area contributed by atoms with Gasteiger partial charge >= 0.3 is 12.1 Å². The molecule has 0 saturated carbocycles. The highest BCUT2D eigenvalue weighted by molar-refractivity contribution is 6.19. The van der Waals surface area contributed by atoms with Crippen LogP contribution in [0.1, 0.15) is 12.5 Å². The summed E-state index contributed by atoms with van der Waals surface area (Å²) in [6.07, 6.45) is -5.14. The van der Waals surface area contributed by atoms with Crippen molar-refractivity contribution >= 4 is 11.8 Å². The van der Waals surface area contributed by atoms with Crippen LogP contribution >= 0.6 is 0 Å². The summed E-state index contributed by atoms with van der Waals surface area (Å²) in [5, 5.41) is 2.36. The maximum absolute atomic E-state index is 12.5. The fourth-order valence-corrected chi connectivity index (χ4v) is 1.48. The van der Waals surface area contributed by atoms with Gasteiger partial charge in [0.25, 0.3) is 5.78 Å². The Kier molecular flexibility index (Phi) is 5.52. The number of ketones is 1. The molecule has 0 aliphatic rings. The first kappa shape index (κ1) is 16.7. The predicted octanol–water partition coefficient (Wildman–Crippen LogP) is 2.35. The van der Waals surface area contributed by atoms with E-state index in [2.05, 4.69) is 5.32 Å². The highest BCUT2D eigenvalue weighted by atomic mass is 19.4. The number of benzene rings is 1. The van der Waals surface area contributed by atoms with E-state index in [4.69, 9.17) is 4.74 Å². The minimum Gasteiger partial charge on any atom is -0.457 e. The molecule has 0 atom stereocenters. The van der Waals surface area contributed by atoms with Crippen LogP contribution in [0.5, 0.6) is 0 Å². The van der Waals surface area contributed by atoms with E-state index >= 15 is 0 Å². The number of esters is 1. The van der Waals surface area contributed by atoms with Crippen LogP contribution in [0.3, 0.4) is 0 Å². The Bertz CT molecular complexity index is 550. The van der Waals surface area contributed by atoms with E-state index in [1.807, 2.05) is 0 Å². The van der Waals surface area contributed by atoms with Crippen LogP contribution < -0.4 is 5.32 Å². The second-order valence-electron chi connectivity index (χ2n) is 4.14. The summed E-state index contributed by atoms with van der Waals surface area (Å²) in [4.78, 5) is 23.1. The molecular formula is C14H14F3NO3. The third-order valence-electron chi connectivity index (χ3n) is 2.65. The molecular weight excluding hydrogens is 287 g/mol. The van der Waals surface area contributed by atoms with Gasteiger partial charge in [0.1, 0.15) is 12.2 Å². The van der Waals surface area contributed by atoms with Gasteiger partial charge in [-0.2, -0.15) is 13.2 Å². The Morgan fingerprint density at radius 1 is 1.19 bits per heavy atom. The van der Waals surface area contributed by atoms with Crippen molar-refractivity contribution in [2.45, 2.75) is 19.7 Å². The van der Waals surface area contributed by atoms with Crippen molar-refractivity contribution in [2.75, 3.05) is 7.05 Å². The Labute approximate surface area is 119 Å². The molecule has 7 heteroatoms. The van der Waals surface area contributed by atoms with Gasteiger partial charge in [0, 0.05) is 12.7 Å². The second-order valence-corrected chi connectivity index (χ2v) is 4.14. The minimum absolute atomic E-state index is 0.199. The molecule has 0 saturated heterocycles. The quantitative estimate of drug-likeness (QED) is 0.392. The number of nitrogens with one attached hydrogen (secondary N) is 1. The van der Waals surface area contributed by atoms with Crippen molar-refractivity contribution in [3.8, 4) is 0 Å². The summed E-state index contributed by atoms with van der Waals surface area (Å²) >= 11 is 0. The van der Waals surface area contributed by atoms with Gasteiger partial charge in [-0.25, -0.2) is 4.79 Å². The minimum atomic E-state index is -5.14. The molecule has 4 nitrogen and oxygen atoms in total. The number of hydrogen-bond acceptors (Lipinski definition) is 4. The molecule has 0 aliphatic heterocycles. The number of ether oxygens (including phenoxy) is 1. The molecule has 21 heavy (non-hydrogen) atoms. The van der Waals surface area contributed by atoms with E-state index in [9.17, 15) is 22.8 Å². The molecule has 0 radical (unpaired) electrons. The fraction of sp³-hybridized carbons (Fsp3) is 0.286. The molecule has 0 unspecified atom stereocenters. The lowest BCUT2D eigenvalue weighted by atomic mass is 10.1. The number of allylic oxidation sites excluding steroid dienone is 1. The standard InChI is InChI=1S/C14H14F3NO3/c1-9(18-2)11(12(19)14(15,16)17)13(20)21-8-10-6-4-3-5-7-10/h3-7,18H,8H2,1-2H3/b11-9-. The molecule has 114 valence electrons. The third kappa shape index (κ3) is 4.62. The van der Waals surface area contributed by atoms with Gasteiger partial charge < -0.3 is 10.1 Å². The molecule has 0 fully saturated rings. The number of halogens is 3. The van der Waals surface area contributed by atoms with E-state index in [1.165, 1.54) is 14.0 Å². The number of alkyl halides is 3. The zero-order valence-electron chi connectivity index (χ0n) is 11.5. The Morgan fingerprint density at radius 3 is 2.24 bits per heavy atom. The Hall–Kier alpha value is -2.31. The summed E-state index contributed by atoms with van der Waals surface area (Å²) < 4.78 is 42.3. The predicted molar refractivity (Wildman–Crippen MR) is 69.1 cm³/mol. The van der Waals surface area contributed by atoms with Crippen LogP contribution in [0.2, 0.25) is 0 Å². The maximum atomic E-state index is 12.5. The molecule has 1 aromatic carbocycles. The van der Waals surface area contributed by atoms with Crippen LogP contribution in [-0.2, 0) is 20.9 Å². The second kappa shape index (κ2) is 6.92. The number of carbonyl (C=O) groups is 2. The van der Waals surface area contributed by atoms with Crippen molar-refractivity contribution in [3.63, 3.8) is 0 Å². The van der Waals surface area contributed by atoms with E-state index in [-0.39, 0.29) is 12.3 Å². The SMILES string of the molecule is CN/C(C)=C(\C(=O)OCc1ccccc1)C(=O)C(F)(F)F. The van der Waals surface area contributed by atoms with E-state index < -0.39 is 23.5 Å². The largest absolute Gasteiger partial charge is 0.457 e.